The van der Waals surface area contributed by atoms with Crippen LogP contribution >= 0.6 is 11.3 Å². The quantitative estimate of drug-likeness (QED) is 0.535. The van der Waals surface area contributed by atoms with E-state index in [9.17, 15) is 13.2 Å². The zero-order valence-electron chi connectivity index (χ0n) is 9.72. The molecule has 0 N–H and O–H groups in total. The number of carbonyl (C=O) groups excluding carboxylic acids is 1. The first kappa shape index (κ1) is 12.8. The van der Waals surface area contributed by atoms with E-state index in [2.05, 4.69) is 14.9 Å². The molecule has 0 unspecified atom stereocenters. The summed E-state index contributed by atoms with van der Waals surface area (Å²) in [5, 5.41) is 8.67. The van der Waals surface area contributed by atoms with E-state index < -0.39 is 10.1 Å². The average molecular weight is 310 g/mol. The Morgan fingerprint density at radius 2 is 2.10 bits per heavy atom. The molecule has 0 radical (unpaired) electrons. The van der Waals surface area contributed by atoms with E-state index in [0.717, 1.165) is 11.3 Å². The van der Waals surface area contributed by atoms with Gasteiger partial charge in [-0.15, -0.1) is 11.3 Å². The van der Waals surface area contributed by atoms with Gasteiger partial charge < -0.3 is 4.18 Å². The third-order valence-corrected chi connectivity index (χ3v) is 4.57. The minimum Gasteiger partial charge on any atom is -0.377 e. The summed E-state index contributed by atoms with van der Waals surface area (Å²) in [7, 11) is -4.13. The number of benzene rings is 1. The van der Waals surface area contributed by atoms with Gasteiger partial charge in [0, 0.05) is 0 Å². The molecule has 3 rings (SSSR count). The standard InChI is InChI=1S/C11H6N2O5S2/c14-6-9-8(4-5-19-9)17-20(15,16)10-3-1-2-7-11(10)13-18-12-7/h1-6H. The number of aromatic nitrogens is 2. The highest BCUT2D eigenvalue weighted by Gasteiger charge is 2.24. The highest BCUT2D eigenvalue weighted by atomic mass is 32.2. The van der Waals surface area contributed by atoms with E-state index >= 15 is 0 Å². The summed E-state index contributed by atoms with van der Waals surface area (Å²) in [5.41, 5.74) is 0.381. The van der Waals surface area contributed by atoms with Gasteiger partial charge in [-0.2, -0.15) is 8.42 Å². The maximum absolute atomic E-state index is 12.2. The molecule has 9 heteroatoms. The molecular weight excluding hydrogens is 304 g/mol. The van der Waals surface area contributed by atoms with Crippen molar-refractivity contribution in [2.45, 2.75) is 4.90 Å². The fraction of sp³-hybridized carbons (Fsp3) is 0. The van der Waals surface area contributed by atoms with Gasteiger partial charge in [0.2, 0.25) is 0 Å². The Kier molecular flexibility index (Phi) is 2.99. The Morgan fingerprint density at radius 3 is 2.90 bits per heavy atom. The summed E-state index contributed by atoms with van der Waals surface area (Å²) < 4.78 is 33.9. The van der Waals surface area contributed by atoms with Crippen molar-refractivity contribution in [2.24, 2.45) is 0 Å². The van der Waals surface area contributed by atoms with Gasteiger partial charge in [-0.3, -0.25) is 4.79 Å². The molecule has 0 atom stereocenters. The summed E-state index contributed by atoms with van der Waals surface area (Å²) in [6.07, 6.45) is 0.535. The van der Waals surface area contributed by atoms with Crippen LogP contribution in [0.4, 0.5) is 0 Å². The third-order valence-electron chi connectivity index (χ3n) is 2.48. The summed E-state index contributed by atoms with van der Waals surface area (Å²) in [4.78, 5) is 10.8. The molecule has 0 aliphatic carbocycles. The fourth-order valence-corrected chi connectivity index (χ4v) is 3.38. The van der Waals surface area contributed by atoms with Crippen molar-refractivity contribution < 1.29 is 22.0 Å². The predicted octanol–water partition coefficient (Wildman–Crippen LogP) is 1.86. The van der Waals surface area contributed by atoms with Crippen molar-refractivity contribution in [2.75, 3.05) is 0 Å². The first-order valence-corrected chi connectivity index (χ1v) is 7.59. The van der Waals surface area contributed by atoms with Gasteiger partial charge in [-0.1, -0.05) is 6.07 Å². The van der Waals surface area contributed by atoms with E-state index in [1.807, 2.05) is 0 Å². The average Bonchev–Trinajstić information content (AvgIpc) is 3.05. The Bertz CT molecular complexity index is 881. The third kappa shape index (κ3) is 2.06. The van der Waals surface area contributed by atoms with Crippen molar-refractivity contribution in [3.8, 4) is 5.75 Å². The van der Waals surface area contributed by atoms with Crippen LogP contribution in [0, 0.1) is 0 Å². The Balaban J connectivity index is 2.08. The van der Waals surface area contributed by atoms with Crippen LogP contribution in [0.5, 0.6) is 5.75 Å². The van der Waals surface area contributed by atoms with Crippen molar-refractivity contribution in [3.63, 3.8) is 0 Å². The van der Waals surface area contributed by atoms with E-state index in [1.165, 1.54) is 18.2 Å². The first-order valence-electron chi connectivity index (χ1n) is 5.30. The zero-order chi connectivity index (χ0) is 14.2. The lowest BCUT2D eigenvalue weighted by Crippen LogP contribution is -2.10. The molecule has 0 saturated carbocycles. The topological polar surface area (TPSA) is 99.4 Å². The predicted molar refractivity (Wildman–Crippen MR) is 69.3 cm³/mol. The summed E-state index contributed by atoms with van der Waals surface area (Å²) in [6.45, 7) is 0. The Labute approximate surface area is 116 Å². The summed E-state index contributed by atoms with van der Waals surface area (Å²) >= 11 is 1.09. The molecule has 7 nitrogen and oxygen atoms in total. The number of aldehydes is 1. The monoisotopic (exact) mass is 310 g/mol. The summed E-state index contributed by atoms with van der Waals surface area (Å²) in [6, 6.07) is 5.80. The highest BCUT2D eigenvalue weighted by Crippen LogP contribution is 2.28. The SMILES string of the molecule is O=Cc1sccc1OS(=O)(=O)c1cccc2nonc12. The molecule has 2 aromatic heterocycles. The molecule has 0 amide bonds. The lowest BCUT2D eigenvalue weighted by molar-refractivity contribution is 0.112. The van der Waals surface area contributed by atoms with Crippen molar-refractivity contribution in [1.82, 2.24) is 10.3 Å². The number of fused-ring (bicyclic) bond motifs is 1. The molecule has 3 aromatic rings. The van der Waals surface area contributed by atoms with Crippen LogP contribution in [0.25, 0.3) is 11.0 Å². The minimum atomic E-state index is -4.13. The normalized spacial score (nSPS) is 11.6. The zero-order valence-corrected chi connectivity index (χ0v) is 11.3. The second-order valence-electron chi connectivity index (χ2n) is 3.69. The molecule has 102 valence electrons. The van der Waals surface area contributed by atoms with Crippen LogP contribution in [0.3, 0.4) is 0 Å². The lowest BCUT2D eigenvalue weighted by atomic mass is 10.3. The molecule has 1 aromatic carbocycles. The number of hydrogen-bond donors (Lipinski definition) is 0. The molecule has 20 heavy (non-hydrogen) atoms. The largest absolute Gasteiger partial charge is 0.377 e. The van der Waals surface area contributed by atoms with Crippen LogP contribution in [0.1, 0.15) is 9.67 Å². The van der Waals surface area contributed by atoms with E-state index in [-0.39, 0.29) is 21.0 Å². The molecule has 0 aliphatic heterocycles. The van der Waals surface area contributed by atoms with Gasteiger partial charge in [0.25, 0.3) is 0 Å². The van der Waals surface area contributed by atoms with Crippen LogP contribution in [-0.2, 0) is 10.1 Å². The Morgan fingerprint density at radius 1 is 1.25 bits per heavy atom. The maximum atomic E-state index is 12.2. The first-order chi connectivity index (χ1) is 9.62. The number of nitrogens with zero attached hydrogens (tertiary/aromatic N) is 2. The number of hydrogen-bond acceptors (Lipinski definition) is 8. The number of rotatable bonds is 4. The van der Waals surface area contributed by atoms with Gasteiger partial charge in [-0.05, 0) is 33.9 Å². The van der Waals surface area contributed by atoms with Crippen LogP contribution in [0.15, 0.2) is 39.2 Å². The number of carbonyl (C=O) groups is 1. The van der Waals surface area contributed by atoms with Crippen LogP contribution < -0.4 is 4.18 Å². The van der Waals surface area contributed by atoms with Gasteiger partial charge >= 0.3 is 10.1 Å². The van der Waals surface area contributed by atoms with Crippen LogP contribution in [-0.4, -0.2) is 25.0 Å². The van der Waals surface area contributed by atoms with Crippen molar-refractivity contribution >= 4 is 38.8 Å². The molecule has 0 spiro atoms. The fourth-order valence-electron chi connectivity index (χ4n) is 1.61. The molecule has 0 fully saturated rings. The molecular formula is C11H6N2O5S2. The smallest absolute Gasteiger partial charge is 0.341 e. The van der Waals surface area contributed by atoms with Gasteiger partial charge in [-0.25, -0.2) is 4.63 Å². The highest BCUT2D eigenvalue weighted by molar-refractivity contribution is 7.87. The molecule has 0 aliphatic rings. The molecule has 0 saturated heterocycles. The maximum Gasteiger partial charge on any atom is 0.341 e. The van der Waals surface area contributed by atoms with E-state index in [0.29, 0.717) is 11.8 Å². The van der Waals surface area contributed by atoms with Crippen LogP contribution in [0.2, 0.25) is 0 Å². The Hall–Kier alpha value is -2.26. The second-order valence-corrected chi connectivity index (χ2v) is 6.15. The lowest BCUT2D eigenvalue weighted by Gasteiger charge is -2.05. The van der Waals surface area contributed by atoms with E-state index in [4.69, 9.17) is 4.18 Å². The molecule has 2 heterocycles. The second kappa shape index (κ2) is 4.69. The van der Waals surface area contributed by atoms with Crippen molar-refractivity contribution in [1.29, 1.82) is 0 Å². The number of thiophene rings is 1. The van der Waals surface area contributed by atoms with Gasteiger partial charge in [0.05, 0.1) is 0 Å². The van der Waals surface area contributed by atoms with E-state index in [1.54, 1.807) is 11.4 Å². The summed E-state index contributed by atoms with van der Waals surface area (Å²) in [5.74, 6) is -0.0153. The van der Waals surface area contributed by atoms with Crippen molar-refractivity contribution in [3.05, 3.63) is 34.5 Å². The van der Waals surface area contributed by atoms with Gasteiger partial charge in [0.1, 0.15) is 15.3 Å². The minimum absolute atomic E-state index is 0.0153. The van der Waals surface area contributed by atoms with Gasteiger partial charge in [0.15, 0.2) is 17.6 Å². The molecule has 0 bridgehead atoms.